The summed E-state index contributed by atoms with van der Waals surface area (Å²) in [5, 5.41) is 3.21. The standard InChI is InChI=1S/C12H17NO4/c1-14-12(15-2)8-13-9-3-4-10-11(7-9)17-6-5-16-10/h3-4,7,12-13H,5-6,8H2,1-2H3. The SMILES string of the molecule is COC(CNc1ccc2c(c1)OCCO2)OC. The van der Waals surface area contributed by atoms with Gasteiger partial charge < -0.3 is 24.3 Å². The molecule has 1 aliphatic rings. The third kappa shape index (κ3) is 3.01. The number of nitrogens with one attached hydrogen (secondary N) is 1. The van der Waals surface area contributed by atoms with Gasteiger partial charge in [-0.3, -0.25) is 0 Å². The van der Waals surface area contributed by atoms with Crippen molar-refractivity contribution in [3.8, 4) is 11.5 Å². The summed E-state index contributed by atoms with van der Waals surface area (Å²) in [7, 11) is 3.22. The van der Waals surface area contributed by atoms with Crippen LogP contribution in [0.5, 0.6) is 11.5 Å². The van der Waals surface area contributed by atoms with E-state index in [1.54, 1.807) is 14.2 Å². The third-order valence-electron chi connectivity index (χ3n) is 2.54. The van der Waals surface area contributed by atoms with Crippen LogP contribution in [0.4, 0.5) is 5.69 Å². The van der Waals surface area contributed by atoms with Crippen molar-refractivity contribution >= 4 is 5.69 Å². The number of ether oxygens (including phenoxy) is 4. The fourth-order valence-electron chi connectivity index (χ4n) is 1.62. The number of fused-ring (bicyclic) bond motifs is 1. The molecule has 2 rings (SSSR count). The van der Waals surface area contributed by atoms with Crippen molar-refractivity contribution in [1.82, 2.24) is 0 Å². The molecule has 0 aliphatic carbocycles. The Labute approximate surface area is 101 Å². The van der Waals surface area contributed by atoms with E-state index in [2.05, 4.69) is 5.32 Å². The number of benzene rings is 1. The highest BCUT2D eigenvalue weighted by molar-refractivity contribution is 5.55. The second-order valence-electron chi connectivity index (χ2n) is 3.64. The topological polar surface area (TPSA) is 49.0 Å². The zero-order chi connectivity index (χ0) is 12.1. The Hall–Kier alpha value is -1.46. The minimum absolute atomic E-state index is 0.261. The van der Waals surface area contributed by atoms with E-state index in [1.165, 1.54) is 0 Å². The van der Waals surface area contributed by atoms with Gasteiger partial charge >= 0.3 is 0 Å². The predicted molar refractivity (Wildman–Crippen MR) is 63.7 cm³/mol. The highest BCUT2D eigenvalue weighted by Crippen LogP contribution is 2.32. The lowest BCUT2D eigenvalue weighted by Gasteiger charge is -2.20. The van der Waals surface area contributed by atoms with Crippen LogP contribution in [-0.4, -0.2) is 40.3 Å². The first-order valence-corrected chi connectivity index (χ1v) is 5.52. The van der Waals surface area contributed by atoms with Crippen LogP contribution in [0.15, 0.2) is 18.2 Å². The Morgan fingerprint density at radius 3 is 2.59 bits per heavy atom. The molecular formula is C12H17NO4. The summed E-state index contributed by atoms with van der Waals surface area (Å²) in [4.78, 5) is 0. The fourth-order valence-corrected chi connectivity index (χ4v) is 1.62. The summed E-state index contributed by atoms with van der Waals surface area (Å²) in [6.45, 7) is 1.77. The molecule has 0 spiro atoms. The monoisotopic (exact) mass is 239 g/mol. The molecule has 0 radical (unpaired) electrons. The van der Waals surface area contributed by atoms with Crippen LogP contribution in [0.25, 0.3) is 0 Å². The Bertz CT molecular complexity index is 366. The zero-order valence-electron chi connectivity index (χ0n) is 10.1. The molecular weight excluding hydrogens is 222 g/mol. The van der Waals surface area contributed by atoms with Crippen molar-refractivity contribution in [2.24, 2.45) is 0 Å². The first-order chi connectivity index (χ1) is 8.33. The molecule has 0 saturated carbocycles. The van der Waals surface area contributed by atoms with Crippen LogP contribution in [0.1, 0.15) is 0 Å². The summed E-state index contributed by atoms with van der Waals surface area (Å²) in [5.41, 5.74) is 0.952. The summed E-state index contributed by atoms with van der Waals surface area (Å²) >= 11 is 0. The molecule has 1 aliphatic heterocycles. The smallest absolute Gasteiger partial charge is 0.173 e. The van der Waals surface area contributed by atoms with Crippen molar-refractivity contribution in [3.63, 3.8) is 0 Å². The Morgan fingerprint density at radius 2 is 1.88 bits per heavy atom. The van der Waals surface area contributed by atoms with Gasteiger partial charge in [-0.05, 0) is 12.1 Å². The molecule has 1 aromatic carbocycles. The van der Waals surface area contributed by atoms with Gasteiger partial charge in [-0.1, -0.05) is 0 Å². The maximum absolute atomic E-state index is 5.50. The van der Waals surface area contributed by atoms with Gasteiger partial charge in [0.1, 0.15) is 13.2 Å². The number of hydrogen-bond acceptors (Lipinski definition) is 5. The van der Waals surface area contributed by atoms with E-state index in [9.17, 15) is 0 Å². The molecule has 0 aromatic heterocycles. The molecule has 1 aromatic rings. The van der Waals surface area contributed by atoms with Crippen molar-refractivity contribution in [2.45, 2.75) is 6.29 Å². The minimum atomic E-state index is -0.261. The first kappa shape index (κ1) is 12.0. The molecule has 5 heteroatoms. The summed E-state index contributed by atoms with van der Waals surface area (Å²) in [6.07, 6.45) is -0.261. The molecule has 0 amide bonds. The van der Waals surface area contributed by atoms with E-state index < -0.39 is 0 Å². The molecule has 1 heterocycles. The third-order valence-corrected chi connectivity index (χ3v) is 2.54. The van der Waals surface area contributed by atoms with E-state index in [1.807, 2.05) is 18.2 Å². The number of hydrogen-bond donors (Lipinski definition) is 1. The number of rotatable bonds is 5. The predicted octanol–water partition coefficient (Wildman–Crippen LogP) is 1.49. The summed E-state index contributed by atoms with van der Waals surface area (Å²) in [6, 6.07) is 5.75. The lowest BCUT2D eigenvalue weighted by molar-refractivity contribution is -0.0914. The minimum Gasteiger partial charge on any atom is -0.486 e. The second kappa shape index (κ2) is 5.75. The van der Waals surface area contributed by atoms with Crippen LogP contribution in [0.2, 0.25) is 0 Å². The summed E-state index contributed by atoms with van der Waals surface area (Å²) in [5.74, 6) is 1.56. The van der Waals surface area contributed by atoms with E-state index in [-0.39, 0.29) is 6.29 Å². The molecule has 5 nitrogen and oxygen atoms in total. The van der Waals surface area contributed by atoms with E-state index in [4.69, 9.17) is 18.9 Å². The average Bonchev–Trinajstić information content (AvgIpc) is 2.40. The maximum Gasteiger partial charge on any atom is 0.173 e. The molecule has 0 fully saturated rings. The van der Waals surface area contributed by atoms with Gasteiger partial charge in [-0.25, -0.2) is 0 Å². The zero-order valence-corrected chi connectivity index (χ0v) is 10.1. The van der Waals surface area contributed by atoms with E-state index in [0.29, 0.717) is 19.8 Å². The highest BCUT2D eigenvalue weighted by Gasteiger charge is 2.12. The largest absolute Gasteiger partial charge is 0.486 e. The number of anilines is 1. The Kier molecular flexibility index (Phi) is 4.06. The normalized spacial score (nSPS) is 13.8. The quantitative estimate of drug-likeness (QED) is 0.789. The molecule has 0 bridgehead atoms. The van der Waals surface area contributed by atoms with Crippen molar-refractivity contribution in [1.29, 1.82) is 0 Å². The van der Waals surface area contributed by atoms with Gasteiger partial charge in [0.2, 0.25) is 0 Å². The van der Waals surface area contributed by atoms with Crippen LogP contribution in [0, 0.1) is 0 Å². The van der Waals surface area contributed by atoms with Gasteiger partial charge in [0, 0.05) is 26.0 Å². The lowest BCUT2D eigenvalue weighted by atomic mass is 10.2. The van der Waals surface area contributed by atoms with E-state index >= 15 is 0 Å². The molecule has 94 valence electrons. The average molecular weight is 239 g/mol. The second-order valence-corrected chi connectivity index (χ2v) is 3.64. The van der Waals surface area contributed by atoms with Crippen LogP contribution in [0.3, 0.4) is 0 Å². The van der Waals surface area contributed by atoms with Gasteiger partial charge in [0.25, 0.3) is 0 Å². The molecule has 1 N–H and O–H groups in total. The number of methoxy groups -OCH3 is 2. The van der Waals surface area contributed by atoms with Gasteiger partial charge in [0.15, 0.2) is 17.8 Å². The van der Waals surface area contributed by atoms with Gasteiger partial charge in [0.05, 0.1) is 6.54 Å². The Morgan fingerprint density at radius 1 is 1.18 bits per heavy atom. The van der Waals surface area contributed by atoms with Crippen molar-refractivity contribution < 1.29 is 18.9 Å². The molecule has 0 saturated heterocycles. The summed E-state index contributed by atoms with van der Waals surface area (Å²) < 4.78 is 21.1. The molecule has 0 atom stereocenters. The van der Waals surface area contributed by atoms with Crippen LogP contribution >= 0.6 is 0 Å². The molecule has 0 unspecified atom stereocenters. The van der Waals surface area contributed by atoms with E-state index in [0.717, 1.165) is 17.2 Å². The van der Waals surface area contributed by atoms with Gasteiger partial charge in [-0.15, -0.1) is 0 Å². The van der Waals surface area contributed by atoms with Crippen LogP contribution in [-0.2, 0) is 9.47 Å². The van der Waals surface area contributed by atoms with Crippen LogP contribution < -0.4 is 14.8 Å². The first-order valence-electron chi connectivity index (χ1n) is 5.52. The van der Waals surface area contributed by atoms with Crippen molar-refractivity contribution in [3.05, 3.63) is 18.2 Å². The van der Waals surface area contributed by atoms with Gasteiger partial charge in [-0.2, -0.15) is 0 Å². The Balaban J connectivity index is 1.97. The van der Waals surface area contributed by atoms with Crippen molar-refractivity contribution in [2.75, 3.05) is 39.3 Å². The fraction of sp³-hybridized carbons (Fsp3) is 0.500. The molecule has 17 heavy (non-hydrogen) atoms. The highest BCUT2D eigenvalue weighted by atomic mass is 16.7. The maximum atomic E-state index is 5.50. The lowest BCUT2D eigenvalue weighted by Crippen LogP contribution is -2.23.